The zero-order chi connectivity index (χ0) is 28.6. The molecule has 1 saturated heterocycles. The summed E-state index contributed by atoms with van der Waals surface area (Å²) < 4.78 is 27.6. The summed E-state index contributed by atoms with van der Waals surface area (Å²) in [5, 5.41) is 4.27. The minimum Gasteiger partial charge on any atom is -0.371 e. The summed E-state index contributed by atoms with van der Waals surface area (Å²) in [5.74, 6) is 0.908. The van der Waals surface area contributed by atoms with Crippen LogP contribution in [0.15, 0.2) is 48.9 Å². The topological polar surface area (TPSA) is 99.5 Å². The SMILES string of the molecule is Cc1cnc(N(C)S(C)(=O)=O)c(Cn2ccc3cnc(Nc4ccc(N5CCC(N(C)C)CC5)c(C)c4)nc32)c1. The summed E-state index contributed by atoms with van der Waals surface area (Å²) in [6.07, 6.45) is 8.94. The number of nitrogens with zero attached hydrogens (tertiary/aromatic N) is 7. The van der Waals surface area contributed by atoms with E-state index in [0.29, 0.717) is 24.4 Å². The number of anilines is 4. The molecule has 1 fully saturated rings. The molecule has 11 heteroatoms. The minimum absolute atomic E-state index is 0.406. The first-order valence-electron chi connectivity index (χ1n) is 13.5. The Morgan fingerprint density at radius 1 is 1.02 bits per heavy atom. The normalized spacial score (nSPS) is 14.7. The van der Waals surface area contributed by atoms with E-state index in [0.717, 1.165) is 40.9 Å². The van der Waals surface area contributed by atoms with Gasteiger partial charge < -0.3 is 19.7 Å². The summed E-state index contributed by atoms with van der Waals surface area (Å²) in [5.41, 5.74) is 5.92. The molecule has 1 aromatic carbocycles. The van der Waals surface area contributed by atoms with Gasteiger partial charge in [0, 0.05) is 67.1 Å². The van der Waals surface area contributed by atoms with Crippen molar-refractivity contribution in [3.63, 3.8) is 0 Å². The van der Waals surface area contributed by atoms with Gasteiger partial charge in [0.1, 0.15) is 11.5 Å². The third kappa shape index (κ3) is 5.90. The largest absolute Gasteiger partial charge is 0.371 e. The standard InChI is InChI=1S/C29H38N8O2S/c1-20-15-23(27(30-17-20)35(5)40(6,38)39)19-37-12-9-22-18-31-29(33-28(22)37)32-24-7-8-26(21(2)16-24)36-13-10-25(11-14-36)34(3)4/h7-9,12,15-18,25H,10-11,13-14,19H2,1-6H3,(H,31,32,33). The zero-order valence-electron chi connectivity index (χ0n) is 24.1. The highest BCUT2D eigenvalue weighted by atomic mass is 32.2. The molecule has 0 unspecified atom stereocenters. The third-order valence-corrected chi connectivity index (χ3v) is 8.87. The number of pyridine rings is 1. The Balaban J connectivity index is 1.36. The van der Waals surface area contributed by atoms with Gasteiger partial charge in [-0.15, -0.1) is 0 Å². The number of rotatable bonds is 8. The van der Waals surface area contributed by atoms with Crippen molar-refractivity contribution < 1.29 is 8.42 Å². The van der Waals surface area contributed by atoms with Crippen molar-refractivity contribution in [2.75, 3.05) is 55.0 Å². The Morgan fingerprint density at radius 2 is 1.77 bits per heavy atom. The maximum absolute atomic E-state index is 12.2. The number of nitrogens with one attached hydrogen (secondary N) is 1. The first-order chi connectivity index (χ1) is 19.0. The molecular formula is C29H38N8O2S. The summed E-state index contributed by atoms with van der Waals surface area (Å²) in [7, 11) is 2.40. The number of piperidine rings is 1. The molecule has 0 atom stereocenters. The molecule has 1 N–H and O–H groups in total. The molecule has 0 bridgehead atoms. The molecule has 0 saturated carbocycles. The predicted octanol–water partition coefficient (Wildman–Crippen LogP) is 4.16. The molecule has 0 amide bonds. The lowest BCUT2D eigenvalue weighted by Crippen LogP contribution is -2.42. The lowest BCUT2D eigenvalue weighted by molar-refractivity contribution is 0.249. The summed E-state index contributed by atoms with van der Waals surface area (Å²) in [6, 6.07) is 11.0. The molecule has 40 heavy (non-hydrogen) atoms. The van der Waals surface area contributed by atoms with Crippen molar-refractivity contribution >= 4 is 44.2 Å². The van der Waals surface area contributed by atoms with Gasteiger partial charge in [-0.2, -0.15) is 4.98 Å². The van der Waals surface area contributed by atoms with Gasteiger partial charge in [-0.05, 0) is 82.2 Å². The Kier molecular flexibility index (Phi) is 7.70. The Labute approximate surface area is 236 Å². The average molecular weight is 563 g/mol. The predicted molar refractivity (Wildman–Crippen MR) is 162 cm³/mol. The second kappa shape index (κ2) is 11.1. The maximum atomic E-state index is 12.2. The molecule has 4 aromatic rings. The lowest BCUT2D eigenvalue weighted by atomic mass is 10.0. The molecule has 0 spiro atoms. The van der Waals surface area contributed by atoms with E-state index in [1.165, 1.54) is 41.7 Å². The van der Waals surface area contributed by atoms with Crippen molar-refractivity contribution in [3.8, 4) is 0 Å². The van der Waals surface area contributed by atoms with Crippen molar-refractivity contribution in [3.05, 3.63) is 65.6 Å². The van der Waals surface area contributed by atoms with Gasteiger partial charge in [0.05, 0.1) is 12.8 Å². The maximum Gasteiger partial charge on any atom is 0.233 e. The number of hydrogen-bond donors (Lipinski definition) is 1. The molecule has 10 nitrogen and oxygen atoms in total. The fourth-order valence-corrected chi connectivity index (χ4v) is 5.84. The van der Waals surface area contributed by atoms with Gasteiger partial charge in [-0.3, -0.25) is 4.31 Å². The quantitative estimate of drug-likeness (QED) is 0.342. The molecule has 1 aliphatic rings. The van der Waals surface area contributed by atoms with Crippen LogP contribution in [0.2, 0.25) is 0 Å². The molecule has 3 aromatic heterocycles. The monoisotopic (exact) mass is 562 g/mol. The van der Waals surface area contributed by atoms with Crippen molar-refractivity contribution in [1.29, 1.82) is 0 Å². The van der Waals surface area contributed by atoms with E-state index >= 15 is 0 Å². The number of aryl methyl sites for hydroxylation is 2. The first-order valence-corrected chi connectivity index (χ1v) is 15.3. The third-order valence-electron chi connectivity index (χ3n) is 7.71. The van der Waals surface area contributed by atoms with Crippen LogP contribution in [-0.2, 0) is 16.6 Å². The number of aromatic nitrogens is 4. The number of hydrogen-bond acceptors (Lipinski definition) is 8. The van der Waals surface area contributed by atoms with Crippen LogP contribution in [0.5, 0.6) is 0 Å². The van der Waals surface area contributed by atoms with Gasteiger partial charge in [0.2, 0.25) is 16.0 Å². The molecule has 4 heterocycles. The van der Waals surface area contributed by atoms with Crippen molar-refractivity contribution in [2.24, 2.45) is 0 Å². The van der Waals surface area contributed by atoms with Crippen LogP contribution in [0.25, 0.3) is 11.0 Å². The molecular weight excluding hydrogens is 524 g/mol. The van der Waals surface area contributed by atoms with E-state index in [9.17, 15) is 8.42 Å². The van der Waals surface area contributed by atoms with Crippen LogP contribution < -0.4 is 14.5 Å². The van der Waals surface area contributed by atoms with Gasteiger partial charge in [-0.1, -0.05) is 0 Å². The molecule has 0 aliphatic carbocycles. The van der Waals surface area contributed by atoms with E-state index < -0.39 is 10.0 Å². The highest BCUT2D eigenvalue weighted by Crippen LogP contribution is 2.29. The second-order valence-electron chi connectivity index (χ2n) is 11.0. The highest BCUT2D eigenvalue weighted by Gasteiger charge is 2.22. The van der Waals surface area contributed by atoms with E-state index in [-0.39, 0.29) is 0 Å². The van der Waals surface area contributed by atoms with Gasteiger partial charge in [0.15, 0.2) is 0 Å². The molecule has 212 valence electrons. The number of benzene rings is 1. The van der Waals surface area contributed by atoms with Crippen LogP contribution in [-0.4, -0.2) is 79.4 Å². The van der Waals surface area contributed by atoms with E-state index in [4.69, 9.17) is 4.98 Å². The Bertz CT molecular complexity index is 1620. The molecule has 0 radical (unpaired) electrons. The van der Waals surface area contributed by atoms with E-state index in [1.807, 2.05) is 29.8 Å². The smallest absolute Gasteiger partial charge is 0.233 e. The van der Waals surface area contributed by atoms with Crippen LogP contribution in [0.1, 0.15) is 29.5 Å². The van der Waals surface area contributed by atoms with Gasteiger partial charge >= 0.3 is 0 Å². The van der Waals surface area contributed by atoms with Gasteiger partial charge in [-0.25, -0.2) is 18.4 Å². The van der Waals surface area contributed by atoms with Crippen LogP contribution in [0.3, 0.4) is 0 Å². The fraction of sp³-hybridized carbons (Fsp3) is 0.414. The highest BCUT2D eigenvalue weighted by molar-refractivity contribution is 7.92. The minimum atomic E-state index is -3.45. The Morgan fingerprint density at radius 3 is 2.45 bits per heavy atom. The van der Waals surface area contributed by atoms with Gasteiger partial charge in [0.25, 0.3) is 0 Å². The van der Waals surface area contributed by atoms with Crippen LogP contribution >= 0.6 is 0 Å². The molecule has 5 rings (SSSR count). The second-order valence-corrected chi connectivity index (χ2v) is 13.0. The van der Waals surface area contributed by atoms with Crippen molar-refractivity contribution in [2.45, 2.75) is 39.3 Å². The van der Waals surface area contributed by atoms with Crippen LogP contribution in [0.4, 0.5) is 23.1 Å². The average Bonchev–Trinajstić information content (AvgIpc) is 3.30. The number of fused-ring (bicyclic) bond motifs is 1. The summed E-state index contributed by atoms with van der Waals surface area (Å²) in [6.45, 7) is 6.63. The Hall–Kier alpha value is -3.70. The summed E-state index contributed by atoms with van der Waals surface area (Å²) in [4.78, 5) is 18.6. The fourth-order valence-electron chi connectivity index (χ4n) is 5.36. The summed E-state index contributed by atoms with van der Waals surface area (Å²) >= 11 is 0. The molecule has 1 aliphatic heterocycles. The van der Waals surface area contributed by atoms with Crippen molar-refractivity contribution in [1.82, 2.24) is 24.4 Å². The zero-order valence-corrected chi connectivity index (χ0v) is 24.9. The van der Waals surface area contributed by atoms with E-state index in [1.54, 1.807) is 12.4 Å². The lowest BCUT2D eigenvalue weighted by Gasteiger charge is -2.37. The number of sulfonamides is 1. The van der Waals surface area contributed by atoms with Crippen LogP contribution in [0, 0.1) is 13.8 Å². The van der Waals surface area contributed by atoms with E-state index in [2.05, 4.69) is 64.3 Å². The first kappa shape index (κ1) is 27.9.